The molecule has 29 heavy (non-hydrogen) atoms. The van der Waals surface area contributed by atoms with E-state index in [0.29, 0.717) is 17.0 Å². The smallest absolute Gasteiger partial charge is 0.273 e. The lowest BCUT2D eigenvalue weighted by Crippen LogP contribution is -2.16. The monoisotopic (exact) mass is 393 g/mol. The van der Waals surface area contributed by atoms with Crippen molar-refractivity contribution in [2.75, 3.05) is 0 Å². The molecule has 1 heterocycles. The second-order valence-corrected chi connectivity index (χ2v) is 9.47. The van der Waals surface area contributed by atoms with E-state index >= 15 is 0 Å². The number of nitro groups is 1. The number of hydrogen-bond acceptors (Lipinski definition) is 5. The Morgan fingerprint density at radius 3 is 1.83 bits per heavy atom. The molecule has 0 radical (unpaired) electrons. The van der Waals surface area contributed by atoms with Crippen molar-refractivity contribution in [1.29, 1.82) is 0 Å². The minimum absolute atomic E-state index is 0.0313. The van der Waals surface area contributed by atoms with Gasteiger partial charge in [-0.15, -0.1) is 10.2 Å². The molecule has 152 valence electrons. The molecule has 0 bridgehead atoms. The summed E-state index contributed by atoms with van der Waals surface area (Å²) >= 11 is 0. The van der Waals surface area contributed by atoms with E-state index in [9.17, 15) is 10.1 Å². The van der Waals surface area contributed by atoms with Gasteiger partial charge < -0.3 is 4.42 Å². The molecule has 0 aliphatic heterocycles. The van der Waals surface area contributed by atoms with Crippen LogP contribution in [0.2, 0.25) is 0 Å². The highest BCUT2D eigenvalue weighted by Crippen LogP contribution is 2.34. The van der Waals surface area contributed by atoms with E-state index in [1.54, 1.807) is 19.1 Å². The molecule has 3 aromatic rings. The van der Waals surface area contributed by atoms with Crippen molar-refractivity contribution < 1.29 is 9.34 Å². The maximum atomic E-state index is 11.2. The zero-order valence-electron chi connectivity index (χ0n) is 18.0. The lowest BCUT2D eigenvalue weighted by molar-refractivity contribution is -0.385. The highest BCUT2D eigenvalue weighted by atomic mass is 16.6. The van der Waals surface area contributed by atoms with Crippen molar-refractivity contribution in [1.82, 2.24) is 10.2 Å². The number of benzene rings is 2. The van der Waals surface area contributed by atoms with Crippen LogP contribution in [0.25, 0.3) is 22.9 Å². The normalized spacial score (nSPS) is 12.2. The molecule has 6 heteroatoms. The Hall–Kier alpha value is -3.02. The van der Waals surface area contributed by atoms with Gasteiger partial charge in [-0.25, -0.2) is 0 Å². The van der Waals surface area contributed by atoms with E-state index in [0.717, 1.165) is 5.56 Å². The number of rotatable bonds is 3. The zero-order chi connectivity index (χ0) is 21.6. The van der Waals surface area contributed by atoms with Gasteiger partial charge in [-0.05, 0) is 47.1 Å². The van der Waals surface area contributed by atoms with Gasteiger partial charge >= 0.3 is 0 Å². The van der Waals surface area contributed by atoms with Crippen molar-refractivity contribution in [3.8, 4) is 22.9 Å². The lowest BCUT2D eigenvalue weighted by Gasteiger charge is -2.25. The maximum Gasteiger partial charge on any atom is 0.273 e. The molecule has 0 saturated carbocycles. The molecule has 1 aromatic heterocycles. The fourth-order valence-electron chi connectivity index (χ4n) is 3.01. The van der Waals surface area contributed by atoms with Gasteiger partial charge in [-0.1, -0.05) is 53.7 Å². The fourth-order valence-corrected chi connectivity index (χ4v) is 3.01. The molecular weight excluding hydrogens is 366 g/mol. The van der Waals surface area contributed by atoms with Crippen molar-refractivity contribution in [2.24, 2.45) is 0 Å². The summed E-state index contributed by atoms with van der Waals surface area (Å²) < 4.78 is 5.92. The Morgan fingerprint density at radius 2 is 1.34 bits per heavy atom. The first kappa shape index (κ1) is 20.7. The average Bonchev–Trinajstić information content (AvgIpc) is 3.10. The summed E-state index contributed by atoms with van der Waals surface area (Å²) in [5, 5.41) is 19.6. The molecule has 0 spiro atoms. The summed E-state index contributed by atoms with van der Waals surface area (Å²) in [4.78, 5) is 10.8. The van der Waals surface area contributed by atoms with Crippen LogP contribution in [0.5, 0.6) is 0 Å². The van der Waals surface area contributed by atoms with Gasteiger partial charge in [0.15, 0.2) is 0 Å². The van der Waals surface area contributed by atoms with Crippen LogP contribution >= 0.6 is 0 Å². The largest absolute Gasteiger partial charge is 0.416 e. The molecule has 0 aliphatic carbocycles. The van der Waals surface area contributed by atoms with Crippen LogP contribution in [0.3, 0.4) is 0 Å². The minimum Gasteiger partial charge on any atom is -0.416 e. The number of hydrogen-bond donors (Lipinski definition) is 0. The van der Waals surface area contributed by atoms with Gasteiger partial charge in [0.1, 0.15) is 0 Å². The molecule has 0 aliphatic rings. The second-order valence-electron chi connectivity index (χ2n) is 9.47. The summed E-state index contributed by atoms with van der Waals surface area (Å²) in [6.07, 6.45) is 0. The quantitative estimate of drug-likeness (QED) is 0.390. The van der Waals surface area contributed by atoms with Crippen LogP contribution in [0, 0.1) is 17.0 Å². The number of aromatic nitrogens is 2. The van der Waals surface area contributed by atoms with Crippen LogP contribution in [0.1, 0.15) is 58.2 Å². The lowest BCUT2D eigenvalue weighted by atomic mass is 9.79. The summed E-state index contributed by atoms with van der Waals surface area (Å²) in [5.41, 5.74) is 4.31. The van der Waals surface area contributed by atoms with Gasteiger partial charge in [0.05, 0.1) is 4.92 Å². The molecule has 0 unspecified atom stereocenters. The van der Waals surface area contributed by atoms with E-state index in [1.165, 1.54) is 17.2 Å². The van der Waals surface area contributed by atoms with Crippen LogP contribution < -0.4 is 0 Å². The van der Waals surface area contributed by atoms with Crippen molar-refractivity contribution in [2.45, 2.75) is 59.3 Å². The topological polar surface area (TPSA) is 82.1 Å². The SMILES string of the molecule is Cc1ccc(-c2nnc(-c3cc(C(C)(C)C)cc(C(C)(C)C)c3)o2)cc1[N+](=O)[O-]. The second kappa shape index (κ2) is 7.10. The van der Waals surface area contributed by atoms with Crippen LogP contribution in [0.15, 0.2) is 40.8 Å². The number of nitro benzene ring substituents is 1. The van der Waals surface area contributed by atoms with Crippen molar-refractivity contribution in [3.63, 3.8) is 0 Å². The van der Waals surface area contributed by atoms with Gasteiger partial charge in [0, 0.05) is 22.8 Å². The third-order valence-electron chi connectivity index (χ3n) is 4.99. The highest BCUT2D eigenvalue weighted by molar-refractivity contribution is 5.63. The van der Waals surface area contributed by atoms with Crippen LogP contribution in [-0.4, -0.2) is 15.1 Å². The van der Waals surface area contributed by atoms with Gasteiger partial charge in [0.25, 0.3) is 5.69 Å². The molecule has 0 fully saturated rings. The molecule has 0 amide bonds. The first-order valence-electron chi connectivity index (χ1n) is 9.61. The number of nitrogens with zero attached hydrogens (tertiary/aromatic N) is 3. The van der Waals surface area contributed by atoms with Gasteiger partial charge in [-0.3, -0.25) is 10.1 Å². The van der Waals surface area contributed by atoms with E-state index in [-0.39, 0.29) is 22.4 Å². The first-order chi connectivity index (χ1) is 13.4. The predicted octanol–water partition coefficient (Wildman–Crippen LogP) is 6.22. The summed E-state index contributed by atoms with van der Waals surface area (Å²) in [6, 6.07) is 11.3. The molecule has 0 saturated heterocycles. The standard InChI is InChI=1S/C23H27N3O3/c1-14-8-9-15(12-19(14)26(27)28)20-24-25-21(29-20)16-10-17(22(2,3)4)13-18(11-16)23(5,6)7/h8-13H,1-7H3. The molecule has 6 nitrogen and oxygen atoms in total. The van der Waals surface area contributed by atoms with E-state index in [2.05, 4.69) is 69.9 Å². The Morgan fingerprint density at radius 1 is 0.828 bits per heavy atom. The van der Waals surface area contributed by atoms with E-state index in [1.807, 2.05) is 0 Å². The average molecular weight is 393 g/mol. The van der Waals surface area contributed by atoms with Crippen molar-refractivity contribution in [3.05, 3.63) is 63.2 Å². The van der Waals surface area contributed by atoms with Crippen LogP contribution in [-0.2, 0) is 10.8 Å². The Kier molecular flexibility index (Phi) is 5.07. The summed E-state index contributed by atoms with van der Waals surface area (Å²) in [6.45, 7) is 14.7. The minimum atomic E-state index is -0.404. The Bertz CT molecular complexity index is 1040. The number of aryl methyl sites for hydroxylation is 1. The van der Waals surface area contributed by atoms with Crippen LogP contribution in [0.4, 0.5) is 5.69 Å². The molecule has 3 rings (SSSR count). The van der Waals surface area contributed by atoms with E-state index < -0.39 is 4.92 Å². The predicted molar refractivity (Wildman–Crippen MR) is 114 cm³/mol. The molecule has 0 atom stereocenters. The van der Waals surface area contributed by atoms with Crippen molar-refractivity contribution >= 4 is 5.69 Å². The van der Waals surface area contributed by atoms with E-state index in [4.69, 9.17) is 4.42 Å². The Balaban J connectivity index is 2.09. The van der Waals surface area contributed by atoms with Gasteiger partial charge in [-0.2, -0.15) is 0 Å². The molecule has 2 aromatic carbocycles. The summed E-state index contributed by atoms with van der Waals surface area (Å²) in [7, 11) is 0. The first-order valence-corrected chi connectivity index (χ1v) is 9.61. The zero-order valence-corrected chi connectivity index (χ0v) is 18.0. The summed E-state index contributed by atoms with van der Waals surface area (Å²) in [5.74, 6) is 0.668. The third-order valence-corrected chi connectivity index (χ3v) is 4.99. The molecular formula is C23H27N3O3. The third kappa shape index (κ3) is 4.36. The molecule has 0 N–H and O–H groups in total. The Labute approximate surface area is 171 Å². The fraction of sp³-hybridized carbons (Fsp3) is 0.391. The van der Waals surface area contributed by atoms with Gasteiger partial charge in [0.2, 0.25) is 11.8 Å². The maximum absolute atomic E-state index is 11.2. The highest BCUT2D eigenvalue weighted by Gasteiger charge is 2.23.